The minimum atomic E-state index is -0.592. The van der Waals surface area contributed by atoms with Crippen LogP contribution < -0.4 is 15.4 Å². The van der Waals surface area contributed by atoms with E-state index in [1.165, 1.54) is 7.11 Å². The van der Waals surface area contributed by atoms with Crippen molar-refractivity contribution in [2.45, 2.75) is 24.4 Å². The van der Waals surface area contributed by atoms with Crippen LogP contribution in [0.1, 0.15) is 18.4 Å². The molecule has 3 heterocycles. The van der Waals surface area contributed by atoms with Crippen LogP contribution in [0.25, 0.3) is 0 Å². The first-order valence-corrected chi connectivity index (χ1v) is 8.44. The molecular weight excluding hydrogens is 318 g/mol. The first-order valence-electron chi connectivity index (χ1n) is 8.44. The molecule has 6 heteroatoms. The summed E-state index contributed by atoms with van der Waals surface area (Å²) >= 11 is 0. The summed E-state index contributed by atoms with van der Waals surface area (Å²) in [4.78, 5) is 19.0. The predicted octanol–water partition coefficient (Wildman–Crippen LogP) is 2.14. The van der Waals surface area contributed by atoms with E-state index >= 15 is 0 Å². The molecule has 0 aliphatic carbocycles. The number of nitrogen functional groups attached to an aromatic ring is 1. The van der Waals surface area contributed by atoms with Crippen LogP contribution in [0.5, 0.6) is 5.75 Å². The molecule has 0 amide bonds. The Kier molecular flexibility index (Phi) is 3.75. The van der Waals surface area contributed by atoms with Gasteiger partial charge in [-0.3, -0.25) is 0 Å². The Balaban J connectivity index is 1.64. The number of hydrogen-bond donors (Lipinski definition) is 1. The molecule has 2 N–H and O–H groups in total. The zero-order chi connectivity index (χ0) is 17.4. The number of nitrogens with zero attached hydrogens (tertiary/aromatic N) is 2. The maximum atomic E-state index is 12.4. The molecule has 2 aliphatic rings. The standard InChI is InChI=1S/C19H21N3O3/c1-24-18(23)17-19(14-4-2-3-5-15(14)25-17)7-10-22(11-8-19)16-12-13(20)6-9-21-16/h2-6,9,12,17H,7-8,10-11H2,1H3,(H2,20,21). The van der Waals surface area contributed by atoms with Crippen molar-refractivity contribution in [3.63, 3.8) is 0 Å². The minimum Gasteiger partial charge on any atom is -0.477 e. The van der Waals surface area contributed by atoms with E-state index in [1.54, 1.807) is 12.3 Å². The van der Waals surface area contributed by atoms with E-state index in [1.807, 2.05) is 24.3 Å². The molecule has 0 saturated carbocycles. The number of esters is 1. The molecular formula is C19H21N3O3. The number of aromatic nitrogens is 1. The lowest BCUT2D eigenvalue weighted by molar-refractivity contribution is -0.151. The lowest BCUT2D eigenvalue weighted by Crippen LogP contribution is -2.51. The Morgan fingerprint density at radius 3 is 2.80 bits per heavy atom. The lowest BCUT2D eigenvalue weighted by atomic mass is 9.70. The number of hydrogen-bond acceptors (Lipinski definition) is 6. The summed E-state index contributed by atoms with van der Waals surface area (Å²) < 4.78 is 11.0. The molecule has 0 radical (unpaired) electrons. The van der Waals surface area contributed by atoms with Gasteiger partial charge < -0.3 is 20.1 Å². The highest BCUT2D eigenvalue weighted by Crippen LogP contribution is 2.49. The highest BCUT2D eigenvalue weighted by Gasteiger charge is 2.54. The molecule has 1 unspecified atom stereocenters. The molecule has 2 aromatic rings. The van der Waals surface area contributed by atoms with Crippen LogP contribution >= 0.6 is 0 Å². The number of para-hydroxylation sites is 1. The van der Waals surface area contributed by atoms with E-state index in [-0.39, 0.29) is 11.4 Å². The summed E-state index contributed by atoms with van der Waals surface area (Å²) in [6.07, 6.45) is 2.71. The molecule has 130 valence electrons. The Labute approximate surface area is 146 Å². The minimum absolute atomic E-state index is 0.313. The summed E-state index contributed by atoms with van der Waals surface area (Å²) in [6.45, 7) is 1.56. The second kappa shape index (κ2) is 5.95. The molecule has 0 bridgehead atoms. The van der Waals surface area contributed by atoms with Crippen LogP contribution in [0.3, 0.4) is 0 Å². The summed E-state index contributed by atoms with van der Waals surface area (Å²) in [5.41, 5.74) is 7.33. The molecule has 6 nitrogen and oxygen atoms in total. The van der Waals surface area contributed by atoms with Crippen LogP contribution in [0.2, 0.25) is 0 Å². The number of anilines is 2. The van der Waals surface area contributed by atoms with Gasteiger partial charge in [0.05, 0.1) is 12.5 Å². The Hall–Kier alpha value is -2.76. The number of pyridine rings is 1. The number of carbonyl (C=O) groups is 1. The highest BCUT2D eigenvalue weighted by molar-refractivity contribution is 5.79. The van der Waals surface area contributed by atoms with Gasteiger partial charge in [-0.1, -0.05) is 18.2 Å². The van der Waals surface area contributed by atoms with E-state index in [0.29, 0.717) is 5.69 Å². The molecule has 25 heavy (non-hydrogen) atoms. The fraction of sp³-hybridized carbons (Fsp3) is 0.368. The summed E-state index contributed by atoms with van der Waals surface area (Å²) in [5.74, 6) is 1.34. The van der Waals surface area contributed by atoms with Crippen molar-refractivity contribution in [1.82, 2.24) is 4.98 Å². The molecule has 1 aromatic carbocycles. The third-order valence-electron chi connectivity index (χ3n) is 5.33. The summed E-state index contributed by atoms with van der Waals surface area (Å²) in [6, 6.07) is 11.6. The van der Waals surface area contributed by atoms with Crippen LogP contribution in [-0.4, -0.2) is 37.3 Å². The van der Waals surface area contributed by atoms with Gasteiger partial charge in [0, 0.05) is 36.6 Å². The van der Waals surface area contributed by atoms with E-state index in [0.717, 1.165) is 43.1 Å². The van der Waals surface area contributed by atoms with Crippen molar-refractivity contribution >= 4 is 17.5 Å². The number of ether oxygens (including phenoxy) is 2. The zero-order valence-corrected chi connectivity index (χ0v) is 14.1. The largest absolute Gasteiger partial charge is 0.477 e. The van der Waals surface area contributed by atoms with E-state index in [4.69, 9.17) is 15.2 Å². The number of carbonyl (C=O) groups excluding carboxylic acids is 1. The van der Waals surface area contributed by atoms with Gasteiger partial charge in [0.1, 0.15) is 11.6 Å². The van der Waals surface area contributed by atoms with Crippen LogP contribution in [0, 0.1) is 0 Å². The highest BCUT2D eigenvalue weighted by atomic mass is 16.6. The van der Waals surface area contributed by atoms with E-state index in [9.17, 15) is 4.79 Å². The second-order valence-corrected chi connectivity index (χ2v) is 6.61. The van der Waals surface area contributed by atoms with Gasteiger partial charge in [-0.2, -0.15) is 0 Å². The van der Waals surface area contributed by atoms with E-state index < -0.39 is 6.10 Å². The maximum absolute atomic E-state index is 12.4. The number of nitrogens with two attached hydrogens (primary N) is 1. The van der Waals surface area contributed by atoms with E-state index in [2.05, 4.69) is 16.0 Å². The number of methoxy groups -OCH3 is 1. The van der Waals surface area contributed by atoms with Crippen molar-refractivity contribution < 1.29 is 14.3 Å². The number of benzene rings is 1. The Morgan fingerprint density at radius 1 is 1.32 bits per heavy atom. The van der Waals surface area contributed by atoms with Crippen LogP contribution in [0.15, 0.2) is 42.6 Å². The van der Waals surface area contributed by atoms with Crippen molar-refractivity contribution in [1.29, 1.82) is 0 Å². The first-order chi connectivity index (χ1) is 12.1. The predicted molar refractivity (Wildman–Crippen MR) is 94.6 cm³/mol. The van der Waals surface area contributed by atoms with Gasteiger partial charge in [0.15, 0.2) is 0 Å². The van der Waals surface area contributed by atoms with Gasteiger partial charge in [-0.25, -0.2) is 9.78 Å². The van der Waals surface area contributed by atoms with Crippen LogP contribution in [0.4, 0.5) is 11.5 Å². The van der Waals surface area contributed by atoms with Gasteiger partial charge in [-0.05, 0) is 25.0 Å². The smallest absolute Gasteiger partial charge is 0.348 e. The average Bonchev–Trinajstić information content (AvgIpc) is 2.96. The second-order valence-electron chi connectivity index (χ2n) is 6.61. The quantitative estimate of drug-likeness (QED) is 0.845. The molecule has 1 atom stereocenters. The number of rotatable bonds is 2. The third kappa shape index (κ3) is 2.49. The molecule has 1 saturated heterocycles. The third-order valence-corrected chi connectivity index (χ3v) is 5.33. The van der Waals surface area contributed by atoms with Gasteiger partial charge >= 0.3 is 5.97 Å². The SMILES string of the molecule is COC(=O)C1Oc2ccccc2C12CCN(c1cc(N)ccn1)CC2. The molecule has 1 aromatic heterocycles. The van der Waals surface area contributed by atoms with Crippen molar-refractivity contribution in [3.8, 4) is 5.75 Å². The maximum Gasteiger partial charge on any atom is 0.348 e. The molecule has 1 spiro atoms. The lowest BCUT2D eigenvalue weighted by Gasteiger charge is -2.41. The molecule has 4 rings (SSSR count). The van der Waals surface area contributed by atoms with Crippen LogP contribution in [-0.2, 0) is 14.9 Å². The summed E-state index contributed by atoms with van der Waals surface area (Å²) in [7, 11) is 1.41. The monoisotopic (exact) mass is 339 g/mol. The fourth-order valence-corrected chi connectivity index (χ4v) is 4.02. The van der Waals surface area contributed by atoms with Gasteiger partial charge in [0.2, 0.25) is 6.10 Å². The van der Waals surface area contributed by atoms with Gasteiger partial charge in [-0.15, -0.1) is 0 Å². The Morgan fingerprint density at radius 2 is 2.08 bits per heavy atom. The normalized spacial score (nSPS) is 20.8. The molecule has 2 aliphatic heterocycles. The topological polar surface area (TPSA) is 77.7 Å². The first kappa shape index (κ1) is 15.7. The van der Waals surface area contributed by atoms with Gasteiger partial charge in [0.25, 0.3) is 0 Å². The fourth-order valence-electron chi connectivity index (χ4n) is 4.02. The number of piperidine rings is 1. The zero-order valence-electron chi connectivity index (χ0n) is 14.1. The molecule has 1 fully saturated rings. The number of fused-ring (bicyclic) bond motifs is 2. The average molecular weight is 339 g/mol. The Bertz CT molecular complexity index is 800. The van der Waals surface area contributed by atoms with Crippen molar-refractivity contribution in [3.05, 3.63) is 48.2 Å². The summed E-state index contributed by atoms with van der Waals surface area (Å²) in [5, 5.41) is 0. The van der Waals surface area contributed by atoms with Crippen molar-refractivity contribution in [2.24, 2.45) is 0 Å². The van der Waals surface area contributed by atoms with Crippen molar-refractivity contribution in [2.75, 3.05) is 30.8 Å².